The summed E-state index contributed by atoms with van der Waals surface area (Å²) in [4.78, 5) is 25.7. The molecule has 3 aromatic heterocycles. The number of carbonyl (C=O) groups excluding carboxylic acids is 1. The number of benzene rings is 2. The average Bonchev–Trinajstić information content (AvgIpc) is 3.22. The van der Waals surface area contributed by atoms with Crippen LogP contribution in [0, 0.1) is 13.8 Å². The van der Waals surface area contributed by atoms with Crippen LogP contribution in [0.1, 0.15) is 38.9 Å². The van der Waals surface area contributed by atoms with Gasteiger partial charge in [0.2, 0.25) is 0 Å². The van der Waals surface area contributed by atoms with Crippen molar-refractivity contribution in [2.75, 3.05) is 17.7 Å². The number of hydrogen-bond acceptors (Lipinski definition) is 5. The average molecular weight is 478 g/mol. The van der Waals surface area contributed by atoms with Gasteiger partial charge in [-0.3, -0.25) is 9.78 Å². The Morgan fingerprint density at radius 1 is 0.944 bits per heavy atom. The molecule has 0 fully saturated rings. The van der Waals surface area contributed by atoms with Gasteiger partial charge in [-0.15, -0.1) is 0 Å². The third kappa shape index (κ3) is 4.63. The molecule has 180 valence electrons. The summed E-state index contributed by atoms with van der Waals surface area (Å²) >= 11 is 0. The fourth-order valence-corrected chi connectivity index (χ4v) is 4.43. The lowest BCUT2D eigenvalue weighted by molar-refractivity contribution is 0.102. The Balaban J connectivity index is 1.56. The molecule has 1 atom stereocenters. The molecule has 0 aliphatic rings. The Morgan fingerprint density at radius 2 is 1.78 bits per heavy atom. The van der Waals surface area contributed by atoms with Gasteiger partial charge in [0, 0.05) is 40.2 Å². The van der Waals surface area contributed by atoms with Gasteiger partial charge in [0.1, 0.15) is 11.6 Å². The van der Waals surface area contributed by atoms with Crippen LogP contribution in [0.4, 0.5) is 11.5 Å². The summed E-state index contributed by atoms with van der Waals surface area (Å²) in [7, 11) is 1.56. The minimum atomic E-state index is -0.255. The third-order valence-corrected chi connectivity index (χ3v) is 6.13. The normalized spacial score (nSPS) is 11.8. The molecule has 3 heterocycles. The van der Waals surface area contributed by atoms with E-state index in [1.54, 1.807) is 31.6 Å². The number of ether oxygens (including phenoxy) is 1. The van der Waals surface area contributed by atoms with Crippen molar-refractivity contribution in [1.29, 1.82) is 0 Å². The maximum atomic E-state index is 13.0. The number of aromatic amines is 1. The molecule has 0 bridgehead atoms. The second-order valence-corrected chi connectivity index (χ2v) is 8.63. The molecule has 0 saturated heterocycles. The first-order chi connectivity index (χ1) is 17.5. The Kier molecular flexibility index (Phi) is 6.36. The fraction of sp³-hybridized carbons (Fsp3) is 0.138. The SMILES string of the molecule is COc1ccccc1C(=O)Nc1ccc2[nH]c(C)c([C@@H](Nc3cc(C)ccn3)c3ccccn3)c2c1. The zero-order chi connectivity index (χ0) is 25.1. The topological polar surface area (TPSA) is 91.9 Å². The van der Waals surface area contributed by atoms with Gasteiger partial charge in [0.25, 0.3) is 5.91 Å². The zero-order valence-electron chi connectivity index (χ0n) is 20.4. The van der Waals surface area contributed by atoms with Crippen LogP contribution in [0.2, 0.25) is 0 Å². The Hall–Kier alpha value is -4.65. The molecule has 5 aromatic rings. The number of para-hydroxylation sites is 1. The van der Waals surface area contributed by atoms with E-state index >= 15 is 0 Å². The van der Waals surface area contributed by atoms with E-state index in [1.807, 2.05) is 74.5 Å². The number of rotatable bonds is 7. The van der Waals surface area contributed by atoms with Crippen LogP contribution in [0.25, 0.3) is 10.9 Å². The molecule has 0 aliphatic carbocycles. The second kappa shape index (κ2) is 9.92. The van der Waals surface area contributed by atoms with Crippen molar-refractivity contribution in [2.45, 2.75) is 19.9 Å². The number of nitrogens with one attached hydrogen (secondary N) is 3. The number of fused-ring (bicyclic) bond motifs is 1. The summed E-state index contributed by atoms with van der Waals surface area (Å²) in [6.45, 7) is 4.08. The number of aromatic nitrogens is 3. The van der Waals surface area contributed by atoms with Crippen LogP contribution in [-0.2, 0) is 0 Å². The number of nitrogens with zero attached hydrogens (tertiary/aromatic N) is 2. The van der Waals surface area contributed by atoms with Crippen LogP contribution < -0.4 is 15.4 Å². The molecule has 0 radical (unpaired) electrons. The van der Waals surface area contributed by atoms with Crippen LogP contribution in [0.3, 0.4) is 0 Å². The van der Waals surface area contributed by atoms with Crippen LogP contribution in [-0.4, -0.2) is 28.0 Å². The van der Waals surface area contributed by atoms with Crippen molar-refractivity contribution in [1.82, 2.24) is 15.0 Å². The first kappa shape index (κ1) is 23.1. The summed E-state index contributed by atoms with van der Waals surface area (Å²) in [5, 5.41) is 7.58. The lowest BCUT2D eigenvalue weighted by atomic mass is 9.99. The number of anilines is 2. The van der Waals surface area contributed by atoms with Crippen molar-refractivity contribution in [3.63, 3.8) is 0 Å². The van der Waals surface area contributed by atoms with Gasteiger partial charge in [0.15, 0.2) is 0 Å². The molecular weight excluding hydrogens is 450 g/mol. The highest BCUT2D eigenvalue weighted by Crippen LogP contribution is 2.35. The van der Waals surface area contributed by atoms with Crippen molar-refractivity contribution < 1.29 is 9.53 Å². The van der Waals surface area contributed by atoms with Crippen LogP contribution in [0.15, 0.2) is 85.2 Å². The smallest absolute Gasteiger partial charge is 0.259 e. The lowest BCUT2D eigenvalue weighted by Gasteiger charge is -2.20. The molecule has 0 aliphatic heterocycles. The molecule has 0 saturated carbocycles. The Morgan fingerprint density at radius 3 is 2.56 bits per heavy atom. The van der Waals surface area contributed by atoms with E-state index in [1.165, 1.54) is 0 Å². The molecular formula is C29H27N5O2. The molecule has 0 unspecified atom stereocenters. The molecule has 2 aromatic carbocycles. The van der Waals surface area contributed by atoms with Crippen LogP contribution >= 0.6 is 0 Å². The number of aryl methyl sites for hydroxylation is 2. The predicted molar refractivity (Wildman–Crippen MR) is 143 cm³/mol. The minimum Gasteiger partial charge on any atom is -0.496 e. The summed E-state index contributed by atoms with van der Waals surface area (Å²) in [6, 6.07) is 22.6. The number of pyridine rings is 2. The Labute approximate surface area is 209 Å². The van der Waals surface area contributed by atoms with Gasteiger partial charge in [-0.1, -0.05) is 18.2 Å². The van der Waals surface area contributed by atoms with Gasteiger partial charge in [-0.05, 0) is 74.0 Å². The fourth-order valence-electron chi connectivity index (χ4n) is 4.43. The zero-order valence-corrected chi connectivity index (χ0v) is 20.4. The highest BCUT2D eigenvalue weighted by molar-refractivity contribution is 6.07. The van der Waals surface area contributed by atoms with Crippen molar-refractivity contribution in [3.8, 4) is 5.75 Å². The molecule has 36 heavy (non-hydrogen) atoms. The van der Waals surface area contributed by atoms with E-state index < -0.39 is 0 Å². The number of hydrogen-bond donors (Lipinski definition) is 3. The standard InChI is InChI=1S/C29H27N5O2/c1-18-13-15-31-26(16-18)34-28(24-9-6-7-14-30-24)27-19(2)32-23-12-11-20(17-22(23)27)33-29(35)21-8-4-5-10-25(21)36-3/h4-17,28,32H,1-3H3,(H,31,34)(H,33,35)/t28-/m0/s1. The number of amides is 1. The molecule has 7 nitrogen and oxygen atoms in total. The largest absolute Gasteiger partial charge is 0.496 e. The predicted octanol–water partition coefficient (Wildman–Crippen LogP) is 6.04. The van der Waals surface area contributed by atoms with Crippen LogP contribution in [0.5, 0.6) is 5.75 Å². The van der Waals surface area contributed by atoms with E-state index in [-0.39, 0.29) is 11.9 Å². The summed E-state index contributed by atoms with van der Waals surface area (Å²) in [6.07, 6.45) is 3.58. The van der Waals surface area contributed by atoms with Gasteiger partial charge < -0.3 is 20.4 Å². The highest BCUT2D eigenvalue weighted by Gasteiger charge is 2.23. The van der Waals surface area contributed by atoms with E-state index in [2.05, 4.69) is 25.6 Å². The van der Waals surface area contributed by atoms with Crippen molar-refractivity contribution in [3.05, 3.63) is 113 Å². The molecule has 7 heteroatoms. The first-order valence-corrected chi connectivity index (χ1v) is 11.7. The number of carbonyl (C=O) groups is 1. The quantitative estimate of drug-likeness (QED) is 0.266. The number of methoxy groups -OCH3 is 1. The van der Waals surface area contributed by atoms with Gasteiger partial charge in [0.05, 0.1) is 24.4 Å². The van der Waals surface area contributed by atoms with E-state index in [0.29, 0.717) is 17.0 Å². The molecule has 3 N–H and O–H groups in total. The molecule has 1 amide bonds. The first-order valence-electron chi connectivity index (χ1n) is 11.7. The molecule has 5 rings (SSSR count). The highest BCUT2D eigenvalue weighted by atomic mass is 16.5. The Bertz CT molecular complexity index is 1530. The molecule has 0 spiro atoms. The van der Waals surface area contributed by atoms with Gasteiger partial charge in [-0.2, -0.15) is 0 Å². The van der Waals surface area contributed by atoms with Crippen molar-refractivity contribution in [2.24, 2.45) is 0 Å². The summed E-state index contributed by atoms with van der Waals surface area (Å²) in [5.74, 6) is 1.06. The summed E-state index contributed by atoms with van der Waals surface area (Å²) < 4.78 is 5.36. The van der Waals surface area contributed by atoms with Crippen molar-refractivity contribution >= 4 is 28.3 Å². The maximum absolute atomic E-state index is 13.0. The monoisotopic (exact) mass is 477 g/mol. The maximum Gasteiger partial charge on any atom is 0.259 e. The van der Waals surface area contributed by atoms with E-state index in [0.717, 1.165) is 39.2 Å². The van der Waals surface area contributed by atoms with Gasteiger partial charge in [-0.25, -0.2) is 4.98 Å². The lowest BCUT2D eigenvalue weighted by Crippen LogP contribution is -2.16. The minimum absolute atomic E-state index is 0.232. The number of H-pyrrole nitrogens is 1. The summed E-state index contributed by atoms with van der Waals surface area (Å²) in [5.41, 5.74) is 6.17. The van der Waals surface area contributed by atoms with E-state index in [9.17, 15) is 4.79 Å². The van der Waals surface area contributed by atoms with E-state index in [4.69, 9.17) is 4.74 Å². The second-order valence-electron chi connectivity index (χ2n) is 8.63. The third-order valence-electron chi connectivity index (χ3n) is 6.13. The van der Waals surface area contributed by atoms with Gasteiger partial charge >= 0.3 is 0 Å².